The topological polar surface area (TPSA) is 395 Å². The Morgan fingerprint density at radius 1 is 0.246 bits per heavy atom. The summed E-state index contributed by atoms with van der Waals surface area (Å²) in [4.78, 5) is 0. The minimum Gasteiger partial charge on any atom is -0.286 e. The Labute approximate surface area is 369 Å². The van der Waals surface area contributed by atoms with E-state index in [9.17, 15) is 0 Å². The van der Waals surface area contributed by atoms with Gasteiger partial charge in [-0.25, -0.2) is 0 Å². The van der Waals surface area contributed by atoms with E-state index in [1.807, 2.05) is 0 Å². The fraction of sp³-hybridized carbons (Fsp3) is 1.00. The Balaban J connectivity index is 0.000000329. The van der Waals surface area contributed by atoms with Gasteiger partial charge in [0.2, 0.25) is 0 Å². The second kappa shape index (κ2) is 22.5. The van der Waals surface area contributed by atoms with Crippen molar-refractivity contribution in [2.75, 3.05) is 0 Å². The largest absolute Gasteiger partial charge is 0.394 e. The van der Waals surface area contributed by atoms with E-state index in [1.54, 1.807) is 0 Å². The number of nitrogens with one attached hydrogen (secondary N) is 8. The lowest BCUT2D eigenvalue weighted by molar-refractivity contribution is 0.167. The third-order valence-electron chi connectivity index (χ3n) is 13.8. The van der Waals surface area contributed by atoms with Gasteiger partial charge in [-0.15, -0.1) is 0 Å². The van der Waals surface area contributed by atoms with Crippen LogP contribution in [0.2, 0.25) is 0 Å². The van der Waals surface area contributed by atoms with Gasteiger partial charge in [-0.1, -0.05) is 51.4 Å². The molecule has 5 saturated heterocycles. The number of rotatable bonds is 0. The quantitative estimate of drug-likeness (QED) is 0.109. The van der Waals surface area contributed by atoms with Gasteiger partial charge in [-0.3, -0.25) is 79.0 Å². The molecule has 8 bridgehead atoms. The van der Waals surface area contributed by atoms with Crippen LogP contribution in [0.15, 0.2) is 0 Å². The van der Waals surface area contributed by atoms with Gasteiger partial charge in [0.15, 0.2) is 0 Å². The molecule has 0 amide bonds. The number of hydrogen-bond donors (Lipinski definition) is 16. The molecule has 8 atom stereocenters. The van der Waals surface area contributed by atoms with Crippen molar-refractivity contribution >= 4 is 59.0 Å². The Morgan fingerprint density at radius 3 is 0.410 bits per heavy atom. The molecule has 61 heavy (non-hydrogen) atoms. The van der Waals surface area contributed by atoms with E-state index in [4.69, 9.17) is 70.1 Å². The predicted molar refractivity (Wildman–Crippen MR) is 220 cm³/mol. The van der Waals surface area contributed by atoms with Crippen LogP contribution in [0, 0.1) is 47.3 Å². The Hall–Kier alpha value is -0.308. The summed E-state index contributed by atoms with van der Waals surface area (Å²) < 4.78 is 126. The van der Waals surface area contributed by atoms with Crippen molar-refractivity contribution in [1.29, 1.82) is 0 Å². The summed E-state index contributed by atoms with van der Waals surface area (Å²) in [5.41, 5.74) is 0. The van der Waals surface area contributed by atoms with Crippen molar-refractivity contribution in [2.24, 2.45) is 47.3 Å². The molecular weight excluding hydrogens is 908 g/mol. The second-order valence-electron chi connectivity index (χ2n) is 17.4. The first-order valence-corrected chi connectivity index (χ1v) is 26.3. The molecule has 16 N–H and O–H groups in total. The van der Waals surface area contributed by atoms with Gasteiger partial charge in [0.1, 0.15) is 0 Å². The fourth-order valence-corrected chi connectivity index (χ4v) is 12.0. The van der Waals surface area contributed by atoms with E-state index in [0.717, 1.165) is 47.3 Å². The Morgan fingerprint density at radius 2 is 0.328 bits per heavy atom. The standard InChI is InChI=1S/C32H56N8.Al.4H2O4S/c1-2-10-18-17(9-1)25-33-26(18)38-28-21-13-5-6-14-22(21)30(35-28)40-32-24-16-8-7-15-23(24)31(36-32)39-29-20-12-4-3-11-19(20)27(34-29)37-25;;4*1-5(2,3)4/h17-40H,1-16H2;;4*(H2,1,2,3,4). The minimum absolute atomic E-state index is 0. The molecule has 5 aliphatic heterocycles. The van der Waals surface area contributed by atoms with Crippen LogP contribution >= 0.6 is 0 Å². The number of fused-ring (bicyclic) bond motifs is 20. The molecule has 9 fully saturated rings. The van der Waals surface area contributed by atoms with Crippen molar-refractivity contribution < 1.29 is 70.1 Å². The van der Waals surface area contributed by atoms with Gasteiger partial charge < -0.3 is 0 Å². The lowest BCUT2D eigenvalue weighted by atomic mass is 9.76. The molecule has 0 aromatic rings. The van der Waals surface area contributed by atoms with Crippen LogP contribution in [0.1, 0.15) is 103 Å². The Kier molecular flexibility index (Phi) is 19.6. The highest BCUT2D eigenvalue weighted by Crippen LogP contribution is 2.45. The zero-order valence-electron chi connectivity index (χ0n) is 33.6. The van der Waals surface area contributed by atoms with Crippen LogP contribution < -0.4 is 42.5 Å². The summed E-state index contributed by atoms with van der Waals surface area (Å²) in [5, 5.41) is 33.8. The van der Waals surface area contributed by atoms with E-state index in [1.165, 1.54) is 103 Å². The molecule has 4 aliphatic carbocycles. The molecule has 3 radical (unpaired) electrons. The average Bonchev–Trinajstić information content (AvgIpc) is 3.85. The third-order valence-corrected chi connectivity index (χ3v) is 13.8. The van der Waals surface area contributed by atoms with Crippen molar-refractivity contribution in [3.63, 3.8) is 0 Å². The molecule has 0 aromatic heterocycles. The first kappa shape index (κ1) is 53.3. The molecule has 5 heterocycles. The van der Waals surface area contributed by atoms with Crippen LogP contribution in [0.4, 0.5) is 0 Å². The SMILES string of the molecule is C1CCC2C3NC(NC4NC(NC5NC(NC6NC(N3)C3CCCCC63)C3CCCCC53)C3CCCCC43)C2C1.O=S(=O)(O)O.O=S(=O)(O)O.O=S(=O)(O)O.O=S(=O)(O)O.[Al]. The normalized spacial score (nSPS) is 41.6. The van der Waals surface area contributed by atoms with Crippen molar-refractivity contribution in [1.82, 2.24) is 42.5 Å². The maximum atomic E-state index is 8.74. The van der Waals surface area contributed by atoms with Gasteiger partial charge in [-0.05, 0) is 98.7 Å². The summed E-state index contributed by atoms with van der Waals surface area (Å²) in [5.74, 6) is 5.97. The average molecular weight is 972 g/mol. The molecule has 9 aliphatic rings. The molecule has 8 unspecified atom stereocenters. The molecule has 4 saturated carbocycles. The van der Waals surface area contributed by atoms with E-state index >= 15 is 0 Å². The summed E-state index contributed by atoms with van der Waals surface area (Å²) in [6.45, 7) is 0. The van der Waals surface area contributed by atoms with E-state index < -0.39 is 41.6 Å². The van der Waals surface area contributed by atoms with Crippen LogP contribution in [-0.4, -0.2) is 137 Å². The maximum Gasteiger partial charge on any atom is 0.394 e. The summed E-state index contributed by atoms with van der Waals surface area (Å²) >= 11 is 0. The molecular formula is C32H64AlN8O16S4. The smallest absolute Gasteiger partial charge is 0.286 e. The van der Waals surface area contributed by atoms with Crippen molar-refractivity contribution in [2.45, 2.75) is 152 Å². The maximum absolute atomic E-state index is 8.74. The highest BCUT2D eigenvalue weighted by Gasteiger charge is 2.54. The number of hydrogen-bond acceptors (Lipinski definition) is 16. The van der Waals surface area contributed by atoms with Gasteiger partial charge >= 0.3 is 41.6 Å². The zero-order chi connectivity index (χ0) is 44.2. The lowest BCUT2D eigenvalue weighted by Crippen LogP contribution is -2.61. The van der Waals surface area contributed by atoms with Crippen molar-refractivity contribution in [3.8, 4) is 0 Å². The predicted octanol–water partition coefficient (Wildman–Crippen LogP) is -0.386. The monoisotopic (exact) mass is 971 g/mol. The van der Waals surface area contributed by atoms with Crippen LogP contribution in [0.25, 0.3) is 0 Å². The first-order chi connectivity index (χ1) is 27.8. The van der Waals surface area contributed by atoms with Crippen LogP contribution in [-0.2, 0) is 41.6 Å². The minimum atomic E-state index is -4.67. The van der Waals surface area contributed by atoms with Gasteiger partial charge in [-0.2, -0.15) is 33.7 Å². The molecule has 29 heteroatoms. The van der Waals surface area contributed by atoms with Crippen LogP contribution in [0.5, 0.6) is 0 Å². The van der Waals surface area contributed by atoms with E-state index in [-0.39, 0.29) is 17.4 Å². The lowest BCUT2D eigenvalue weighted by Gasteiger charge is -2.35. The highest BCUT2D eigenvalue weighted by atomic mass is 32.3. The van der Waals surface area contributed by atoms with E-state index in [0.29, 0.717) is 49.3 Å². The summed E-state index contributed by atoms with van der Waals surface area (Å²) in [7, 11) is -18.7. The molecule has 0 spiro atoms. The summed E-state index contributed by atoms with van der Waals surface area (Å²) in [6.07, 6.45) is 25.6. The fourth-order valence-electron chi connectivity index (χ4n) is 12.0. The molecule has 355 valence electrons. The van der Waals surface area contributed by atoms with E-state index in [2.05, 4.69) is 42.5 Å². The van der Waals surface area contributed by atoms with Gasteiger partial charge in [0.25, 0.3) is 0 Å². The first-order valence-electron chi connectivity index (χ1n) is 20.7. The Bertz CT molecular complexity index is 1500. The van der Waals surface area contributed by atoms with Crippen molar-refractivity contribution in [3.05, 3.63) is 0 Å². The van der Waals surface area contributed by atoms with Crippen LogP contribution in [0.3, 0.4) is 0 Å². The molecule has 0 aromatic carbocycles. The molecule has 9 rings (SSSR count). The highest BCUT2D eigenvalue weighted by molar-refractivity contribution is 7.80. The summed E-state index contributed by atoms with van der Waals surface area (Å²) in [6, 6.07) is 0. The van der Waals surface area contributed by atoms with Gasteiger partial charge in [0.05, 0.1) is 49.3 Å². The molecule has 24 nitrogen and oxygen atoms in total. The second-order valence-corrected chi connectivity index (χ2v) is 21.0. The third kappa shape index (κ3) is 17.1. The van der Waals surface area contributed by atoms with Gasteiger partial charge in [0, 0.05) is 17.4 Å². The zero-order valence-corrected chi connectivity index (χ0v) is 38.0.